The van der Waals surface area contributed by atoms with Crippen LogP contribution >= 0.6 is 23.2 Å². The summed E-state index contributed by atoms with van der Waals surface area (Å²) in [4.78, 5) is 5.00. The van der Waals surface area contributed by atoms with E-state index in [9.17, 15) is 0 Å². The summed E-state index contributed by atoms with van der Waals surface area (Å²) in [5, 5.41) is 1.15. The van der Waals surface area contributed by atoms with Gasteiger partial charge in [0.15, 0.2) is 0 Å². The van der Waals surface area contributed by atoms with Crippen molar-refractivity contribution in [2.45, 2.75) is 39.7 Å². The van der Waals surface area contributed by atoms with Gasteiger partial charge in [0.25, 0.3) is 0 Å². The first kappa shape index (κ1) is 21.0. The molecule has 1 unspecified atom stereocenters. The Hall–Kier alpha value is -2.29. The van der Waals surface area contributed by atoms with E-state index >= 15 is 0 Å². The maximum Gasteiger partial charge on any atom is 0.117 e. The van der Waals surface area contributed by atoms with Gasteiger partial charge in [0.1, 0.15) is 5.82 Å². The number of rotatable bonds is 6. The zero-order chi connectivity index (χ0) is 21.3. The second kappa shape index (κ2) is 8.83. The zero-order valence-corrected chi connectivity index (χ0v) is 19.1. The van der Waals surface area contributed by atoms with E-state index in [2.05, 4.69) is 67.8 Å². The van der Waals surface area contributed by atoms with Crippen LogP contribution in [-0.2, 0) is 13.0 Å². The van der Waals surface area contributed by atoms with Crippen molar-refractivity contribution in [2.24, 2.45) is 5.92 Å². The monoisotopic (exact) mass is 436 g/mol. The van der Waals surface area contributed by atoms with Gasteiger partial charge in [-0.05, 0) is 53.3 Å². The molecule has 0 aliphatic heterocycles. The Bertz CT molecular complexity index is 1160. The van der Waals surface area contributed by atoms with E-state index in [4.69, 9.17) is 28.2 Å². The van der Waals surface area contributed by atoms with Gasteiger partial charge in [-0.1, -0.05) is 86.4 Å². The van der Waals surface area contributed by atoms with E-state index in [1.807, 2.05) is 24.3 Å². The van der Waals surface area contributed by atoms with Crippen LogP contribution in [-0.4, -0.2) is 9.55 Å². The highest BCUT2D eigenvalue weighted by Gasteiger charge is 2.19. The highest BCUT2D eigenvalue weighted by Crippen LogP contribution is 2.30. The number of aromatic nitrogens is 2. The molecule has 0 radical (unpaired) electrons. The third-order valence-corrected chi connectivity index (χ3v) is 6.26. The molecule has 0 fully saturated rings. The van der Waals surface area contributed by atoms with Crippen molar-refractivity contribution >= 4 is 34.2 Å². The number of fused-ring (bicyclic) bond motifs is 1. The summed E-state index contributed by atoms with van der Waals surface area (Å²) in [7, 11) is 0. The SMILES string of the molecule is CC(C)Cc1ccc(C(C)c2nc3ccccc3n2Cc2ccc(Cl)c(Cl)c2)cc1. The first-order valence-corrected chi connectivity index (χ1v) is 11.2. The van der Waals surface area contributed by atoms with Crippen molar-refractivity contribution in [3.63, 3.8) is 0 Å². The average molecular weight is 437 g/mol. The van der Waals surface area contributed by atoms with E-state index in [1.165, 1.54) is 11.1 Å². The smallest absolute Gasteiger partial charge is 0.117 e. The lowest BCUT2D eigenvalue weighted by Gasteiger charge is -2.16. The lowest BCUT2D eigenvalue weighted by Crippen LogP contribution is -2.09. The molecule has 0 aliphatic carbocycles. The van der Waals surface area contributed by atoms with E-state index in [1.54, 1.807) is 0 Å². The van der Waals surface area contributed by atoms with Crippen molar-refractivity contribution in [2.75, 3.05) is 0 Å². The molecule has 3 aromatic carbocycles. The molecule has 2 nitrogen and oxygen atoms in total. The third-order valence-electron chi connectivity index (χ3n) is 5.52. The largest absolute Gasteiger partial charge is 0.323 e. The maximum absolute atomic E-state index is 6.26. The lowest BCUT2D eigenvalue weighted by atomic mass is 9.96. The van der Waals surface area contributed by atoms with E-state index < -0.39 is 0 Å². The van der Waals surface area contributed by atoms with Crippen LogP contribution in [0.15, 0.2) is 66.7 Å². The highest BCUT2D eigenvalue weighted by atomic mass is 35.5. The summed E-state index contributed by atoms with van der Waals surface area (Å²) in [6.45, 7) is 7.43. The predicted octanol–water partition coefficient (Wildman–Crippen LogP) is 7.74. The maximum atomic E-state index is 6.26. The summed E-state index contributed by atoms with van der Waals surface area (Å²) in [5.41, 5.74) is 5.89. The molecular weight excluding hydrogens is 411 g/mol. The Kier molecular flexibility index (Phi) is 6.17. The molecule has 154 valence electrons. The van der Waals surface area contributed by atoms with Gasteiger partial charge in [0.2, 0.25) is 0 Å². The van der Waals surface area contributed by atoms with Gasteiger partial charge >= 0.3 is 0 Å². The molecule has 4 rings (SSSR count). The van der Waals surface area contributed by atoms with Crippen molar-refractivity contribution in [1.82, 2.24) is 9.55 Å². The Balaban J connectivity index is 1.72. The molecule has 1 heterocycles. The van der Waals surface area contributed by atoms with Crippen LogP contribution in [0.25, 0.3) is 11.0 Å². The van der Waals surface area contributed by atoms with Crippen LogP contribution in [0.4, 0.5) is 0 Å². The van der Waals surface area contributed by atoms with Crippen LogP contribution in [0.5, 0.6) is 0 Å². The van der Waals surface area contributed by atoms with Gasteiger partial charge in [-0.15, -0.1) is 0 Å². The second-order valence-corrected chi connectivity index (χ2v) is 9.17. The Morgan fingerprint density at radius 1 is 0.833 bits per heavy atom. The number of nitrogens with zero attached hydrogens (tertiary/aromatic N) is 2. The molecule has 0 saturated heterocycles. The molecule has 0 saturated carbocycles. The fourth-order valence-corrected chi connectivity index (χ4v) is 4.29. The number of para-hydroxylation sites is 2. The molecule has 0 aliphatic rings. The first-order chi connectivity index (χ1) is 14.4. The predicted molar refractivity (Wildman–Crippen MR) is 128 cm³/mol. The standard InChI is InChI=1S/C26H26Cl2N2/c1-17(2)14-19-8-11-21(12-9-19)18(3)26-29-24-6-4-5-7-25(24)30(26)16-20-10-13-22(27)23(28)15-20/h4-13,15,17-18H,14,16H2,1-3H3. The average Bonchev–Trinajstić information content (AvgIpc) is 3.09. The van der Waals surface area contributed by atoms with Crippen LogP contribution in [0.2, 0.25) is 10.0 Å². The van der Waals surface area contributed by atoms with Crippen LogP contribution in [0.3, 0.4) is 0 Å². The molecular formula is C26H26Cl2N2. The summed E-state index contributed by atoms with van der Waals surface area (Å²) in [5.74, 6) is 1.89. The number of benzene rings is 3. The van der Waals surface area contributed by atoms with Gasteiger partial charge in [-0.2, -0.15) is 0 Å². The van der Waals surface area contributed by atoms with Gasteiger partial charge in [-0.3, -0.25) is 0 Å². The molecule has 1 atom stereocenters. The Morgan fingerprint density at radius 3 is 2.23 bits per heavy atom. The fraction of sp³-hybridized carbons (Fsp3) is 0.269. The Labute approximate surface area is 188 Å². The third kappa shape index (κ3) is 4.40. The first-order valence-electron chi connectivity index (χ1n) is 10.4. The number of hydrogen-bond acceptors (Lipinski definition) is 1. The minimum atomic E-state index is 0.174. The molecule has 0 spiro atoms. The minimum absolute atomic E-state index is 0.174. The molecule has 0 bridgehead atoms. The summed E-state index contributed by atoms with van der Waals surface area (Å²) in [6, 6.07) is 23.1. The highest BCUT2D eigenvalue weighted by molar-refractivity contribution is 6.42. The van der Waals surface area contributed by atoms with Crippen molar-refractivity contribution in [1.29, 1.82) is 0 Å². The molecule has 1 aromatic heterocycles. The van der Waals surface area contributed by atoms with Gasteiger partial charge in [0.05, 0.1) is 21.1 Å². The quantitative estimate of drug-likeness (QED) is 0.302. The fourth-order valence-electron chi connectivity index (χ4n) is 3.97. The lowest BCUT2D eigenvalue weighted by molar-refractivity contribution is 0.646. The Morgan fingerprint density at radius 2 is 1.53 bits per heavy atom. The topological polar surface area (TPSA) is 17.8 Å². The van der Waals surface area contributed by atoms with Crippen LogP contribution in [0.1, 0.15) is 49.2 Å². The molecule has 0 N–H and O–H groups in total. The molecule has 0 amide bonds. The molecule has 4 heteroatoms. The van der Waals surface area contributed by atoms with Gasteiger partial charge in [-0.25, -0.2) is 4.98 Å². The second-order valence-electron chi connectivity index (χ2n) is 8.35. The summed E-state index contributed by atoms with van der Waals surface area (Å²) >= 11 is 12.4. The van der Waals surface area contributed by atoms with E-state index in [0.29, 0.717) is 22.5 Å². The van der Waals surface area contributed by atoms with Crippen LogP contribution in [0, 0.1) is 5.92 Å². The van der Waals surface area contributed by atoms with Crippen LogP contribution < -0.4 is 0 Å². The zero-order valence-electron chi connectivity index (χ0n) is 17.6. The minimum Gasteiger partial charge on any atom is -0.323 e. The number of halogens is 2. The van der Waals surface area contributed by atoms with Crippen molar-refractivity contribution in [3.8, 4) is 0 Å². The summed E-state index contributed by atoms with van der Waals surface area (Å²) < 4.78 is 2.29. The normalized spacial score (nSPS) is 12.6. The van der Waals surface area contributed by atoms with Gasteiger partial charge < -0.3 is 4.57 Å². The van der Waals surface area contributed by atoms with Crippen molar-refractivity contribution in [3.05, 3.63) is 99.3 Å². The molecule has 30 heavy (non-hydrogen) atoms. The van der Waals surface area contributed by atoms with E-state index in [0.717, 1.165) is 28.8 Å². The molecule has 4 aromatic rings. The summed E-state index contributed by atoms with van der Waals surface area (Å²) in [6.07, 6.45) is 1.10. The van der Waals surface area contributed by atoms with Crippen molar-refractivity contribution < 1.29 is 0 Å². The number of hydrogen-bond donors (Lipinski definition) is 0. The number of imidazole rings is 1. The van der Waals surface area contributed by atoms with E-state index in [-0.39, 0.29) is 5.92 Å². The van der Waals surface area contributed by atoms with Gasteiger partial charge in [0, 0.05) is 12.5 Å².